The lowest BCUT2D eigenvalue weighted by atomic mass is 9.62. The first-order valence-electron chi connectivity index (χ1n) is 11.5. The van der Waals surface area contributed by atoms with Crippen LogP contribution in [-0.2, 0) is 19.1 Å². The monoisotopic (exact) mass is 573 g/mol. The van der Waals surface area contributed by atoms with E-state index in [0.29, 0.717) is 26.3 Å². The normalized spacial score (nSPS) is 23.9. The van der Waals surface area contributed by atoms with Crippen molar-refractivity contribution >= 4 is 70.0 Å². The number of esters is 1. The number of nitrogens with zero attached hydrogens (tertiary/aromatic N) is 1. The molecule has 0 radical (unpaired) electrons. The van der Waals surface area contributed by atoms with Crippen molar-refractivity contribution < 1.29 is 23.9 Å². The van der Waals surface area contributed by atoms with Crippen LogP contribution in [0.15, 0.2) is 58.3 Å². The van der Waals surface area contributed by atoms with Crippen LogP contribution in [0.3, 0.4) is 0 Å². The molecule has 1 saturated carbocycles. The van der Waals surface area contributed by atoms with Crippen molar-refractivity contribution in [3.63, 3.8) is 0 Å². The molecule has 1 aliphatic carbocycles. The van der Waals surface area contributed by atoms with Gasteiger partial charge in [-0.05, 0) is 36.8 Å². The highest BCUT2D eigenvalue weighted by Crippen LogP contribution is 2.52. The van der Waals surface area contributed by atoms with E-state index in [2.05, 4.69) is 0 Å². The average Bonchev–Trinajstić information content (AvgIpc) is 3.37. The number of ether oxygens (including phenoxy) is 1. The van der Waals surface area contributed by atoms with Crippen molar-refractivity contribution in [3.05, 3.63) is 79.5 Å². The molecule has 4 rings (SSSR count). The second-order valence-electron chi connectivity index (χ2n) is 8.47. The summed E-state index contributed by atoms with van der Waals surface area (Å²) in [4.78, 5) is 55.7. The van der Waals surface area contributed by atoms with Crippen molar-refractivity contribution in [2.24, 2.45) is 11.3 Å². The summed E-state index contributed by atoms with van der Waals surface area (Å²) in [5.41, 5.74) is -2.04. The van der Waals surface area contributed by atoms with Crippen LogP contribution in [0.4, 0.5) is 0 Å². The molecule has 2 aliphatic rings. The molecule has 0 unspecified atom stereocenters. The lowest BCUT2D eigenvalue weighted by Gasteiger charge is -2.35. The molecule has 0 spiro atoms. The Labute approximate surface area is 232 Å². The van der Waals surface area contributed by atoms with Gasteiger partial charge in [0.15, 0.2) is 22.8 Å². The molecule has 0 bridgehead atoms. The highest BCUT2D eigenvalue weighted by molar-refractivity contribution is 8.25. The number of halogens is 2. The number of rotatable bonds is 5. The highest BCUT2D eigenvalue weighted by atomic mass is 35.5. The lowest BCUT2D eigenvalue weighted by Crippen LogP contribution is -2.49. The number of carbonyl (C=O) groups is 4. The first-order chi connectivity index (χ1) is 17.7. The maximum Gasteiger partial charge on any atom is 0.328 e. The van der Waals surface area contributed by atoms with Gasteiger partial charge in [0.2, 0.25) is 0 Å². The molecule has 0 N–H and O–H groups in total. The minimum Gasteiger partial charge on any atom is -0.465 e. The number of hydrogen-bond acceptors (Lipinski definition) is 8. The van der Waals surface area contributed by atoms with Crippen molar-refractivity contribution in [2.45, 2.75) is 19.3 Å². The molecular weight excluding hydrogens is 553 g/mol. The summed E-state index contributed by atoms with van der Waals surface area (Å²) in [6, 6.07) is 14.3. The lowest BCUT2D eigenvalue weighted by molar-refractivity contribution is -0.157. The summed E-state index contributed by atoms with van der Waals surface area (Å²) in [5.74, 6) is -4.84. The molecular formula is C27H21Cl2NO5S2. The molecule has 10 heteroatoms. The van der Waals surface area contributed by atoms with Crippen LogP contribution in [0.2, 0.25) is 10.0 Å². The van der Waals surface area contributed by atoms with E-state index >= 15 is 0 Å². The number of allylic oxidation sites excluding steroid dienone is 1. The van der Waals surface area contributed by atoms with Crippen LogP contribution in [0.1, 0.15) is 35.2 Å². The molecule has 2 fully saturated rings. The fourth-order valence-electron chi connectivity index (χ4n) is 4.74. The zero-order valence-electron chi connectivity index (χ0n) is 19.7. The minimum atomic E-state index is -2.33. The maximum atomic E-state index is 14.2. The molecule has 190 valence electrons. The zero-order valence-corrected chi connectivity index (χ0v) is 22.8. The molecule has 1 aliphatic heterocycles. The third kappa shape index (κ3) is 5.10. The van der Waals surface area contributed by atoms with Crippen LogP contribution in [-0.4, -0.2) is 41.4 Å². The molecule has 1 saturated heterocycles. The van der Waals surface area contributed by atoms with Gasteiger partial charge in [-0.25, -0.2) is 0 Å². The fourth-order valence-corrected chi connectivity index (χ4v) is 7.72. The van der Waals surface area contributed by atoms with Crippen LogP contribution in [0.25, 0.3) is 0 Å². The number of thioether (sulfide) groups is 2. The molecule has 2 aromatic rings. The SMILES string of the molecule is CCOC(=O)[C@@]1(C#N)[C@@H](C(=O)c2cccc(Cl)c2)C(=O)C(=C2SCCS2)C(=O)C[C@@H]1c1cccc(Cl)c1. The van der Waals surface area contributed by atoms with Crippen molar-refractivity contribution in [1.82, 2.24) is 0 Å². The Morgan fingerprint density at radius 3 is 2.32 bits per heavy atom. The summed E-state index contributed by atoms with van der Waals surface area (Å²) in [7, 11) is 0. The van der Waals surface area contributed by atoms with Gasteiger partial charge in [0.25, 0.3) is 0 Å². The smallest absolute Gasteiger partial charge is 0.328 e. The number of hydrogen-bond donors (Lipinski definition) is 0. The van der Waals surface area contributed by atoms with E-state index in [4.69, 9.17) is 27.9 Å². The van der Waals surface area contributed by atoms with Crippen molar-refractivity contribution in [1.29, 1.82) is 5.26 Å². The molecule has 3 atom stereocenters. The van der Waals surface area contributed by atoms with Gasteiger partial charge in [0.1, 0.15) is 5.92 Å². The van der Waals surface area contributed by atoms with Gasteiger partial charge in [-0.2, -0.15) is 5.26 Å². The van der Waals surface area contributed by atoms with E-state index in [-0.39, 0.29) is 29.2 Å². The van der Waals surface area contributed by atoms with Crippen molar-refractivity contribution in [2.75, 3.05) is 18.1 Å². The number of carbonyl (C=O) groups excluding carboxylic acids is 4. The van der Waals surface area contributed by atoms with Gasteiger partial charge in [0, 0.05) is 39.5 Å². The summed E-state index contributed by atoms with van der Waals surface area (Å²) in [6.45, 7) is 1.47. The Bertz CT molecular complexity index is 1360. The van der Waals surface area contributed by atoms with Gasteiger partial charge < -0.3 is 4.74 Å². The number of benzene rings is 2. The van der Waals surface area contributed by atoms with E-state index in [1.165, 1.54) is 47.8 Å². The number of nitriles is 1. The zero-order chi connectivity index (χ0) is 26.7. The van der Waals surface area contributed by atoms with E-state index < -0.39 is 40.6 Å². The van der Waals surface area contributed by atoms with Gasteiger partial charge in [-0.1, -0.05) is 47.5 Å². The molecule has 2 aromatic carbocycles. The molecule has 37 heavy (non-hydrogen) atoms. The first-order valence-corrected chi connectivity index (χ1v) is 14.2. The maximum absolute atomic E-state index is 14.2. The topological polar surface area (TPSA) is 101 Å². The van der Waals surface area contributed by atoms with Crippen LogP contribution >= 0.6 is 46.7 Å². The van der Waals surface area contributed by atoms with Crippen molar-refractivity contribution in [3.8, 4) is 6.07 Å². The van der Waals surface area contributed by atoms with E-state index in [1.807, 2.05) is 6.07 Å². The van der Waals surface area contributed by atoms with Gasteiger partial charge >= 0.3 is 5.97 Å². The quantitative estimate of drug-likeness (QED) is 0.109. The standard InChI is InChI=1S/C27H21Cl2NO5S2/c1-2-35-26(34)27(14-30)19(15-5-3-7-17(28)11-15)13-20(31)21(25-36-9-10-37-25)24(33)22(27)23(32)16-6-4-8-18(29)12-16/h3-8,11-12,19,22H,2,9-10,13H2,1H3/t19-,22+,27-/m1/s1. The summed E-state index contributed by atoms with van der Waals surface area (Å²) in [5, 5.41) is 11.2. The van der Waals surface area contributed by atoms with Crippen LogP contribution in [0.5, 0.6) is 0 Å². The highest BCUT2D eigenvalue weighted by Gasteiger charge is 2.63. The first kappa shape index (κ1) is 27.5. The Morgan fingerprint density at radius 1 is 1.08 bits per heavy atom. The number of ketones is 3. The third-order valence-corrected chi connectivity index (χ3v) is 9.54. The van der Waals surface area contributed by atoms with Gasteiger partial charge in [-0.3, -0.25) is 19.2 Å². The Hall–Kier alpha value is -2.57. The molecule has 0 amide bonds. The predicted octanol–water partition coefficient (Wildman–Crippen LogP) is 5.88. The Kier molecular flexibility index (Phi) is 8.49. The summed E-state index contributed by atoms with van der Waals surface area (Å²) < 4.78 is 5.84. The predicted molar refractivity (Wildman–Crippen MR) is 145 cm³/mol. The second kappa shape index (κ2) is 11.4. The Morgan fingerprint density at radius 2 is 1.73 bits per heavy atom. The van der Waals surface area contributed by atoms with Crippen LogP contribution < -0.4 is 0 Å². The van der Waals surface area contributed by atoms with E-state index in [0.717, 1.165) is 0 Å². The average molecular weight is 575 g/mol. The Balaban J connectivity index is 2.06. The van der Waals surface area contributed by atoms with Gasteiger partial charge in [0.05, 0.1) is 22.5 Å². The van der Waals surface area contributed by atoms with E-state index in [9.17, 15) is 24.4 Å². The van der Waals surface area contributed by atoms with E-state index in [1.54, 1.807) is 31.2 Å². The van der Waals surface area contributed by atoms with Crippen LogP contribution in [0, 0.1) is 22.7 Å². The molecule has 6 nitrogen and oxygen atoms in total. The van der Waals surface area contributed by atoms with Gasteiger partial charge in [-0.15, -0.1) is 23.5 Å². The largest absolute Gasteiger partial charge is 0.465 e. The second-order valence-corrected chi connectivity index (χ2v) is 11.8. The fraction of sp³-hybridized carbons (Fsp3) is 0.296. The molecule has 0 aromatic heterocycles. The summed E-state index contributed by atoms with van der Waals surface area (Å²) >= 11 is 15.1. The summed E-state index contributed by atoms with van der Waals surface area (Å²) in [6.07, 6.45) is -0.349. The third-order valence-electron chi connectivity index (χ3n) is 6.36. The number of Topliss-reactive ketones (excluding diaryl/α,β-unsaturated/α-hetero) is 3. The minimum absolute atomic E-state index is 0.0463. The molecule has 1 heterocycles.